The summed E-state index contributed by atoms with van der Waals surface area (Å²) in [6.45, 7) is 7.44. The summed E-state index contributed by atoms with van der Waals surface area (Å²) in [5.74, 6) is -1.02. The highest BCUT2D eigenvalue weighted by Crippen LogP contribution is 2.40. The molecule has 1 atom stereocenters. The smallest absolute Gasteiger partial charge is 0.337 e. The topological polar surface area (TPSA) is 59.4 Å². The quantitative estimate of drug-likeness (QED) is 0.618. The second kappa shape index (κ2) is 7.29. The van der Waals surface area contributed by atoms with Crippen molar-refractivity contribution in [3.8, 4) is 11.1 Å². The molecular weight excluding hydrogens is 362 g/mol. The maximum absolute atomic E-state index is 12.1. The van der Waals surface area contributed by atoms with Crippen LogP contribution in [-0.4, -0.2) is 21.7 Å². The van der Waals surface area contributed by atoms with Gasteiger partial charge in [0.2, 0.25) is 0 Å². The van der Waals surface area contributed by atoms with E-state index in [2.05, 4.69) is 4.98 Å². The van der Waals surface area contributed by atoms with Crippen LogP contribution in [0.15, 0.2) is 48.7 Å². The Hall–Kier alpha value is -2.43. The van der Waals surface area contributed by atoms with Crippen LogP contribution in [0.25, 0.3) is 22.0 Å². The standard InChI is InChI=1S/C22H22ClNO3/c1-13-12-17-16(6-5-11-24-17)19(14-7-9-15(23)10-8-14)18(13)20(21(25)26)27-22(2,3)4/h5-12,20H,1-4H3,(H,25,26)/t20-/m0/s1. The number of hydrogen-bond acceptors (Lipinski definition) is 3. The van der Waals surface area contributed by atoms with Gasteiger partial charge < -0.3 is 9.84 Å². The van der Waals surface area contributed by atoms with E-state index in [1.54, 1.807) is 18.3 Å². The first-order valence-corrected chi connectivity index (χ1v) is 9.10. The summed E-state index contributed by atoms with van der Waals surface area (Å²) in [5.41, 5.74) is 3.34. The number of benzene rings is 2. The van der Waals surface area contributed by atoms with E-state index < -0.39 is 17.7 Å². The van der Waals surface area contributed by atoms with Crippen molar-refractivity contribution in [3.05, 3.63) is 64.8 Å². The molecule has 4 nitrogen and oxygen atoms in total. The van der Waals surface area contributed by atoms with Crippen LogP contribution in [0.1, 0.15) is 38.0 Å². The second-order valence-corrected chi connectivity index (χ2v) is 7.94. The Kier molecular flexibility index (Phi) is 5.22. The molecule has 1 N–H and O–H groups in total. The zero-order valence-corrected chi connectivity index (χ0v) is 16.5. The average Bonchev–Trinajstić information content (AvgIpc) is 2.59. The lowest BCUT2D eigenvalue weighted by Crippen LogP contribution is -2.28. The Labute approximate surface area is 163 Å². The molecule has 1 heterocycles. The molecule has 0 bridgehead atoms. The number of aliphatic carboxylic acids is 1. The number of halogens is 1. The van der Waals surface area contributed by atoms with E-state index in [0.29, 0.717) is 10.6 Å². The van der Waals surface area contributed by atoms with Crippen LogP contribution in [0.3, 0.4) is 0 Å². The first kappa shape index (κ1) is 19.3. The number of ether oxygens (including phenoxy) is 1. The number of carboxylic acids is 1. The summed E-state index contributed by atoms with van der Waals surface area (Å²) >= 11 is 6.06. The number of carbonyl (C=O) groups is 1. The molecule has 0 aliphatic carbocycles. The number of pyridine rings is 1. The number of fused-ring (bicyclic) bond motifs is 1. The summed E-state index contributed by atoms with van der Waals surface area (Å²) in [7, 11) is 0. The van der Waals surface area contributed by atoms with Crippen LogP contribution < -0.4 is 0 Å². The van der Waals surface area contributed by atoms with Crippen molar-refractivity contribution in [1.82, 2.24) is 4.98 Å². The highest BCUT2D eigenvalue weighted by molar-refractivity contribution is 6.30. The Morgan fingerprint density at radius 1 is 1.19 bits per heavy atom. The third kappa shape index (κ3) is 4.12. The largest absolute Gasteiger partial charge is 0.479 e. The molecule has 0 aliphatic heterocycles. The van der Waals surface area contributed by atoms with E-state index in [1.807, 2.05) is 58.0 Å². The molecule has 27 heavy (non-hydrogen) atoms. The molecule has 0 amide bonds. The van der Waals surface area contributed by atoms with Crippen LogP contribution in [0.2, 0.25) is 5.02 Å². The van der Waals surface area contributed by atoms with Crippen LogP contribution in [0, 0.1) is 6.92 Å². The van der Waals surface area contributed by atoms with E-state index in [9.17, 15) is 9.90 Å². The minimum atomic E-state index is -1.10. The Morgan fingerprint density at radius 2 is 1.85 bits per heavy atom. The zero-order valence-electron chi connectivity index (χ0n) is 15.8. The van der Waals surface area contributed by atoms with Gasteiger partial charge in [-0.2, -0.15) is 0 Å². The number of nitrogens with zero attached hydrogens (tertiary/aromatic N) is 1. The predicted octanol–water partition coefficient (Wildman–Crippen LogP) is 5.80. The predicted molar refractivity (Wildman–Crippen MR) is 108 cm³/mol. The van der Waals surface area contributed by atoms with Gasteiger partial charge in [0.05, 0.1) is 11.1 Å². The molecule has 0 saturated heterocycles. The Bertz CT molecular complexity index is 991. The first-order valence-electron chi connectivity index (χ1n) is 8.72. The Morgan fingerprint density at radius 3 is 2.44 bits per heavy atom. The summed E-state index contributed by atoms with van der Waals surface area (Å²) in [5, 5.41) is 11.4. The lowest BCUT2D eigenvalue weighted by atomic mass is 9.88. The summed E-state index contributed by atoms with van der Waals surface area (Å²) in [6.07, 6.45) is 0.633. The summed E-state index contributed by atoms with van der Waals surface area (Å²) in [4.78, 5) is 16.6. The van der Waals surface area contributed by atoms with Gasteiger partial charge in [-0.1, -0.05) is 29.8 Å². The van der Waals surface area contributed by atoms with E-state index in [1.165, 1.54) is 0 Å². The Balaban J connectivity index is 2.37. The lowest BCUT2D eigenvalue weighted by molar-refractivity contribution is -0.160. The highest BCUT2D eigenvalue weighted by Gasteiger charge is 2.31. The maximum atomic E-state index is 12.1. The van der Waals surface area contributed by atoms with Gasteiger partial charge in [-0.05, 0) is 68.7 Å². The molecule has 0 aliphatic rings. The summed E-state index contributed by atoms with van der Waals surface area (Å²) in [6, 6.07) is 13.1. The van der Waals surface area contributed by atoms with Crippen molar-refractivity contribution in [3.63, 3.8) is 0 Å². The molecule has 2 aromatic carbocycles. The number of aryl methyl sites for hydroxylation is 1. The number of rotatable bonds is 4. The minimum absolute atomic E-state index is 0.614. The van der Waals surface area contributed by atoms with Crippen LogP contribution >= 0.6 is 11.6 Å². The number of carboxylic acid groups (broad SMARTS) is 1. The van der Waals surface area contributed by atoms with Crippen molar-refractivity contribution >= 4 is 28.5 Å². The van der Waals surface area contributed by atoms with Crippen molar-refractivity contribution in [2.24, 2.45) is 0 Å². The van der Waals surface area contributed by atoms with Gasteiger partial charge in [0.25, 0.3) is 0 Å². The van der Waals surface area contributed by atoms with Gasteiger partial charge in [-0.15, -0.1) is 0 Å². The fourth-order valence-corrected chi connectivity index (χ4v) is 3.35. The third-order valence-corrected chi connectivity index (χ3v) is 4.50. The first-order chi connectivity index (χ1) is 12.7. The van der Waals surface area contributed by atoms with E-state index in [0.717, 1.165) is 27.6 Å². The molecule has 3 rings (SSSR count). The van der Waals surface area contributed by atoms with Crippen molar-refractivity contribution in [1.29, 1.82) is 0 Å². The van der Waals surface area contributed by atoms with Crippen molar-refractivity contribution in [2.45, 2.75) is 39.4 Å². The molecule has 1 aromatic heterocycles. The molecule has 0 saturated carbocycles. The van der Waals surface area contributed by atoms with Gasteiger partial charge in [0.1, 0.15) is 0 Å². The van der Waals surface area contributed by atoms with E-state index in [4.69, 9.17) is 16.3 Å². The van der Waals surface area contributed by atoms with Gasteiger partial charge in [0.15, 0.2) is 6.10 Å². The molecule has 5 heteroatoms. The summed E-state index contributed by atoms with van der Waals surface area (Å²) < 4.78 is 5.95. The number of aromatic nitrogens is 1. The van der Waals surface area contributed by atoms with E-state index in [-0.39, 0.29) is 0 Å². The lowest BCUT2D eigenvalue weighted by Gasteiger charge is -2.28. The fraction of sp³-hybridized carbons (Fsp3) is 0.273. The number of hydrogen-bond donors (Lipinski definition) is 1. The molecule has 0 fully saturated rings. The monoisotopic (exact) mass is 383 g/mol. The van der Waals surface area contributed by atoms with Crippen LogP contribution in [-0.2, 0) is 9.53 Å². The second-order valence-electron chi connectivity index (χ2n) is 7.51. The van der Waals surface area contributed by atoms with Crippen molar-refractivity contribution in [2.75, 3.05) is 0 Å². The molecular formula is C22H22ClNO3. The van der Waals surface area contributed by atoms with Gasteiger partial charge in [0, 0.05) is 22.2 Å². The normalized spacial score (nSPS) is 12.9. The highest BCUT2D eigenvalue weighted by atomic mass is 35.5. The maximum Gasteiger partial charge on any atom is 0.337 e. The minimum Gasteiger partial charge on any atom is -0.479 e. The van der Waals surface area contributed by atoms with Crippen LogP contribution in [0.5, 0.6) is 0 Å². The van der Waals surface area contributed by atoms with Crippen LogP contribution in [0.4, 0.5) is 0 Å². The molecule has 0 radical (unpaired) electrons. The van der Waals surface area contributed by atoms with E-state index >= 15 is 0 Å². The fourth-order valence-electron chi connectivity index (χ4n) is 3.22. The molecule has 0 unspecified atom stereocenters. The van der Waals surface area contributed by atoms with Gasteiger partial charge >= 0.3 is 5.97 Å². The average molecular weight is 384 g/mol. The van der Waals surface area contributed by atoms with Crippen molar-refractivity contribution < 1.29 is 14.6 Å². The molecule has 140 valence electrons. The molecule has 3 aromatic rings. The van der Waals surface area contributed by atoms with Gasteiger partial charge in [-0.3, -0.25) is 4.98 Å². The van der Waals surface area contributed by atoms with Gasteiger partial charge in [-0.25, -0.2) is 4.79 Å². The third-order valence-electron chi connectivity index (χ3n) is 4.25. The zero-order chi connectivity index (χ0) is 19.8. The molecule has 0 spiro atoms. The SMILES string of the molecule is Cc1cc2ncccc2c(-c2ccc(Cl)cc2)c1[C@H](OC(C)(C)C)C(=O)O.